The van der Waals surface area contributed by atoms with Gasteiger partial charge in [-0.1, -0.05) is 12.1 Å². The molecule has 8 nitrogen and oxygen atoms in total. The molecule has 2 aromatic rings. The van der Waals surface area contributed by atoms with E-state index in [0.29, 0.717) is 23.4 Å². The van der Waals surface area contributed by atoms with Crippen molar-refractivity contribution in [2.45, 2.75) is 42.2 Å². The Balaban J connectivity index is 1.60. The number of carboxylic acids is 1. The van der Waals surface area contributed by atoms with Gasteiger partial charge in [0.25, 0.3) is 0 Å². The Morgan fingerprint density at radius 1 is 1.17 bits per heavy atom. The second-order valence-corrected chi connectivity index (χ2v) is 10.7. The number of thiazole rings is 1. The fourth-order valence-corrected chi connectivity index (χ4v) is 5.71. The highest BCUT2D eigenvalue weighted by Crippen LogP contribution is 2.33. The van der Waals surface area contributed by atoms with Gasteiger partial charge in [-0.3, -0.25) is 9.80 Å². The number of nitrogens with zero attached hydrogens (tertiary/aromatic N) is 3. The highest BCUT2D eigenvalue weighted by atomic mass is 32.2. The second kappa shape index (κ2) is 8.27. The highest BCUT2D eigenvalue weighted by Gasteiger charge is 2.36. The molecular weight excluding hydrogens is 426 g/mol. The SMILES string of the molecule is O=C(Cc1ncc(C(=O)O)s1)/C(=N/N1CCCC1)c1ccc(S(=O)(=O)C2CC2)cc1. The Labute approximate surface area is 178 Å². The van der Waals surface area contributed by atoms with E-state index < -0.39 is 15.8 Å². The average Bonchev–Trinajstić information content (AvgIpc) is 3.27. The van der Waals surface area contributed by atoms with Crippen LogP contribution in [0.5, 0.6) is 0 Å². The first-order chi connectivity index (χ1) is 14.3. The molecule has 0 amide bonds. The molecule has 2 heterocycles. The Kier molecular flexibility index (Phi) is 5.70. The maximum atomic E-state index is 13.0. The van der Waals surface area contributed by atoms with Crippen molar-refractivity contribution in [3.63, 3.8) is 0 Å². The lowest BCUT2D eigenvalue weighted by Gasteiger charge is -2.14. The highest BCUT2D eigenvalue weighted by molar-refractivity contribution is 7.92. The van der Waals surface area contributed by atoms with Crippen LogP contribution in [0.25, 0.3) is 0 Å². The van der Waals surface area contributed by atoms with Crippen LogP contribution in [0.2, 0.25) is 0 Å². The minimum atomic E-state index is -3.30. The minimum Gasteiger partial charge on any atom is -0.477 e. The topological polar surface area (TPSA) is 117 Å². The van der Waals surface area contributed by atoms with Gasteiger partial charge >= 0.3 is 5.97 Å². The molecule has 1 N–H and O–H groups in total. The van der Waals surface area contributed by atoms with E-state index in [1.165, 1.54) is 18.3 Å². The van der Waals surface area contributed by atoms with Gasteiger partial charge < -0.3 is 5.11 Å². The first-order valence-corrected chi connectivity index (χ1v) is 12.1. The molecule has 1 aliphatic carbocycles. The van der Waals surface area contributed by atoms with E-state index >= 15 is 0 Å². The standard InChI is InChI=1S/C20H21N3O5S2/c24-16(11-18-21-12-17(29-18)20(25)26)19(22-23-9-1-2-10-23)13-3-5-14(6-4-13)30(27,28)15-7-8-15/h3-6,12,15H,1-2,7-11H2,(H,25,26)/b22-19+. The molecule has 1 saturated heterocycles. The van der Waals surface area contributed by atoms with E-state index in [9.17, 15) is 18.0 Å². The largest absolute Gasteiger partial charge is 0.477 e. The third-order valence-corrected chi connectivity index (χ3v) is 8.35. The van der Waals surface area contributed by atoms with Crippen LogP contribution in [-0.4, -0.2) is 59.3 Å². The third kappa shape index (κ3) is 4.44. The number of carboxylic acid groups (broad SMARTS) is 1. The summed E-state index contributed by atoms with van der Waals surface area (Å²) in [5.41, 5.74) is 0.774. The van der Waals surface area contributed by atoms with Gasteiger partial charge in [0.2, 0.25) is 0 Å². The molecule has 0 unspecified atom stereocenters. The maximum Gasteiger partial charge on any atom is 0.347 e. The first-order valence-electron chi connectivity index (χ1n) is 9.73. The maximum absolute atomic E-state index is 13.0. The summed E-state index contributed by atoms with van der Waals surface area (Å²) in [6.07, 6.45) is 4.56. The Morgan fingerprint density at radius 3 is 2.40 bits per heavy atom. The number of hydrogen-bond acceptors (Lipinski definition) is 8. The number of aromatic carboxylic acids is 1. The molecule has 0 atom stereocenters. The van der Waals surface area contributed by atoms with Gasteiger partial charge in [-0.2, -0.15) is 5.10 Å². The van der Waals surface area contributed by atoms with E-state index in [1.807, 2.05) is 5.01 Å². The molecule has 1 aromatic carbocycles. The Hall–Kier alpha value is -2.59. The van der Waals surface area contributed by atoms with Crippen LogP contribution in [-0.2, 0) is 21.1 Å². The van der Waals surface area contributed by atoms with E-state index in [4.69, 9.17) is 5.11 Å². The number of carbonyl (C=O) groups excluding carboxylic acids is 1. The summed E-state index contributed by atoms with van der Waals surface area (Å²) in [5, 5.41) is 15.5. The van der Waals surface area contributed by atoms with Gasteiger partial charge in [-0.15, -0.1) is 11.3 Å². The van der Waals surface area contributed by atoms with Crippen molar-refractivity contribution in [3.05, 3.63) is 45.9 Å². The summed E-state index contributed by atoms with van der Waals surface area (Å²) in [4.78, 5) is 28.4. The summed E-state index contributed by atoms with van der Waals surface area (Å²) in [7, 11) is -3.30. The number of benzene rings is 1. The summed E-state index contributed by atoms with van der Waals surface area (Å²) in [5.74, 6) is -1.37. The number of sulfone groups is 1. The zero-order valence-corrected chi connectivity index (χ0v) is 17.8. The van der Waals surface area contributed by atoms with Gasteiger partial charge in [-0.25, -0.2) is 18.2 Å². The van der Waals surface area contributed by atoms with Gasteiger partial charge in [0.1, 0.15) is 15.6 Å². The predicted molar refractivity (Wildman–Crippen MR) is 112 cm³/mol. The smallest absolute Gasteiger partial charge is 0.347 e. The van der Waals surface area contributed by atoms with Crippen molar-refractivity contribution >= 4 is 38.6 Å². The fraction of sp³-hybridized carbons (Fsp3) is 0.400. The molecular formula is C20H21N3O5S2. The number of aromatic nitrogens is 1. The molecule has 1 saturated carbocycles. The fourth-order valence-electron chi connectivity index (χ4n) is 3.30. The first kappa shape index (κ1) is 20.7. The second-order valence-electron chi connectivity index (χ2n) is 7.40. The quantitative estimate of drug-likeness (QED) is 0.618. The summed E-state index contributed by atoms with van der Waals surface area (Å²) >= 11 is 0.961. The molecule has 2 fully saturated rings. The van der Waals surface area contributed by atoms with Crippen LogP contribution in [0.15, 0.2) is 40.5 Å². The zero-order chi connectivity index (χ0) is 21.3. The van der Waals surface area contributed by atoms with E-state index in [1.54, 1.807) is 12.1 Å². The molecule has 0 spiro atoms. The minimum absolute atomic E-state index is 0.0628. The molecule has 1 aliphatic heterocycles. The molecule has 10 heteroatoms. The number of hydrazone groups is 1. The Morgan fingerprint density at radius 2 is 1.83 bits per heavy atom. The van der Waals surface area contributed by atoms with Crippen molar-refractivity contribution in [2.75, 3.05) is 13.1 Å². The lowest BCUT2D eigenvalue weighted by Crippen LogP contribution is -2.23. The van der Waals surface area contributed by atoms with Crippen LogP contribution in [0.4, 0.5) is 0 Å². The van der Waals surface area contributed by atoms with Crippen LogP contribution in [0.1, 0.15) is 45.9 Å². The number of hydrogen-bond donors (Lipinski definition) is 1. The van der Waals surface area contributed by atoms with E-state index in [0.717, 1.165) is 37.3 Å². The molecule has 2 aliphatic rings. The molecule has 0 radical (unpaired) electrons. The van der Waals surface area contributed by atoms with Crippen molar-refractivity contribution in [2.24, 2.45) is 5.10 Å². The third-order valence-electron chi connectivity index (χ3n) is 5.08. The zero-order valence-electron chi connectivity index (χ0n) is 16.2. The number of ketones is 1. The summed E-state index contributed by atoms with van der Waals surface area (Å²) in [6.45, 7) is 1.51. The van der Waals surface area contributed by atoms with Gasteiger partial charge in [0.05, 0.1) is 22.8 Å². The lowest BCUT2D eigenvalue weighted by atomic mass is 10.0. The van der Waals surface area contributed by atoms with Crippen molar-refractivity contribution in [1.82, 2.24) is 9.99 Å². The van der Waals surface area contributed by atoms with Crippen LogP contribution < -0.4 is 0 Å². The van der Waals surface area contributed by atoms with Crippen LogP contribution >= 0.6 is 11.3 Å². The molecule has 30 heavy (non-hydrogen) atoms. The molecule has 1 aromatic heterocycles. The summed E-state index contributed by atoms with van der Waals surface area (Å²) in [6, 6.07) is 6.29. The van der Waals surface area contributed by atoms with Gasteiger partial charge in [-0.05, 0) is 37.8 Å². The molecule has 4 rings (SSSR count). The molecule has 0 bridgehead atoms. The normalized spacial score (nSPS) is 17.3. The van der Waals surface area contributed by atoms with Crippen molar-refractivity contribution in [3.8, 4) is 0 Å². The van der Waals surface area contributed by atoms with Crippen molar-refractivity contribution in [1.29, 1.82) is 0 Å². The van der Waals surface area contributed by atoms with Crippen LogP contribution in [0.3, 0.4) is 0 Å². The van der Waals surface area contributed by atoms with E-state index in [2.05, 4.69) is 10.1 Å². The average molecular weight is 448 g/mol. The van der Waals surface area contributed by atoms with E-state index in [-0.39, 0.29) is 32.9 Å². The summed E-state index contributed by atoms with van der Waals surface area (Å²) < 4.78 is 24.9. The van der Waals surface area contributed by atoms with Crippen LogP contribution in [0, 0.1) is 0 Å². The number of rotatable bonds is 8. The van der Waals surface area contributed by atoms with Crippen molar-refractivity contribution < 1.29 is 23.1 Å². The lowest BCUT2D eigenvalue weighted by molar-refractivity contribution is -0.112. The number of carbonyl (C=O) groups is 2. The monoisotopic (exact) mass is 447 g/mol. The van der Waals surface area contributed by atoms with Gasteiger partial charge in [0, 0.05) is 18.7 Å². The molecule has 158 valence electrons. The number of Topliss-reactive ketones (excluding diaryl/α,β-unsaturated/α-hetero) is 1. The Bertz CT molecular complexity index is 1100. The van der Waals surface area contributed by atoms with Gasteiger partial charge in [0.15, 0.2) is 15.6 Å². The predicted octanol–water partition coefficient (Wildman–Crippen LogP) is 2.39.